The number of halogens is 1. The summed E-state index contributed by atoms with van der Waals surface area (Å²) in [5.74, 6) is -1.16. The van der Waals surface area contributed by atoms with E-state index in [2.05, 4.69) is 0 Å². The van der Waals surface area contributed by atoms with Gasteiger partial charge in [0.05, 0.1) is 4.90 Å². The van der Waals surface area contributed by atoms with Gasteiger partial charge in [0.25, 0.3) is 0 Å². The molecule has 0 unspecified atom stereocenters. The SMILES string of the molecule is O=C(CS(=O)(=O)c1cccc(Cl)c1)c1ccc(O)cc1. The number of carbonyl (C=O) groups excluding carboxylic acids is 1. The van der Waals surface area contributed by atoms with Crippen molar-refractivity contribution in [3.8, 4) is 5.75 Å². The van der Waals surface area contributed by atoms with Crippen LogP contribution in [0.5, 0.6) is 5.75 Å². The summed E-state index contributed by atoms with van der Waals surface area (Å²) in [6.07, 6.45) is 0. The highest BCUT2D eigenvalue weighted by Gasteiger charge is 2.20. The zero-order valence-corrected chi connectivity index (χ0v) is 11.9. The molecule has 2 rings (SSSR count). The van der Waals surface area contributed by atoms with Crippen molar-refractivity contribution in [2.45, 2.75) is 4.90 Å². The summed E-state index contributed by atoms with van der Waals surface area (Å²) in [7, 11) is -3.74. The second-order valence-electron chi connectivity index (χ2n) is 4.19. The van der Waals surface area contributed by atoms with Crippen LogP contribution in [0.15, 0.2) is 53.4 Å². The maximum Gasteiger partial charge on any atom is 0.185 e. The van der Waals surface area contributed by atoms with Crippen molar-refractivity contribution >= 4 is 27.2 Å². The Balaban J connectivity index is 2.24. The van der Waals surface area contributed by atoms with Crippen molar-refractivity contribution in [2.75, 3.05) is 5.75 Å². The Bertz CT molecular complexity index is 736. The summed E-state index contributed by atoms with van der Waals surface area (Å²) >= 11 is 5.74. The zero-order chi connectivity index (χ0) is 14.8. The number of phenols is 1. The van der Waals surface area contributed by atoms with E-state index in [1.54, 1.807) is 6.07 Å². The highest BCUT2D eigenvalue weighted by molar-refractivity contribution is 7.92. The van der Waals surface area contributed by atoms with Crippen molar-refractivity contribution in [3.63, 3.8) is 0 Å². The second kappa shape index (κ2) is 5.64. The molecule has 0 saturated carbocycles. The quantitative estimate of drug-likeness (QED) is 0.881. The fourth-order valence-electron chi connectivity index (χ4n) is 1.65. The molecule has 0 heterocycles. The molecule has 0 aromatic heterocycles. The molecule has 0 aliphatic rings. The fraction of sp³-hybridized carbons (Fsp3) is 0.0714. The number of aromatic hydroxyl groups is 1. The Morgan fingerprint density at radius 2 is 1.75 bits per heavy atom. The number of ketones is 1. The molecule has 0 saturated heterocycles. The molecule has 0 bridgehead atoms. The van der Waals surface area contributed by atoms with Gasteiger partial charge in [-0.1, -0.05) is 17.7 Å². The maximum atomic E-state index is 12.1. The van der Waals surface area contributed by atoms with Gasteiger partial charge in [0.1, 0.15) is 11.5 Å². The Morgan fingerprint density at radius 3 is 2.35 bits per heavy atom. The lowest BCUT2D eigenvalue weighted by molar-refractivity contribution is 0.102. The minimum atomic E-state index is -3.74. The molecule has 0 aliphatic heterocycles. The highest BCUT2D eigenvalue weighted by Crippen LogP contribution is 2.18. The van der Waals surface area contributed by atoms with Crippen LogP contribution in [0.25, 0.3) is 0 Å². The summed E-state index contributed by atoms with van der Waals surface area (Å²) in [6.45, 7) is 0. The van der Waals surface area contributed by atoms with Gasteiger partial charge in [-0.25, -0.2) is 8.42 Å². The van der Waals surface area contributed by atoms with Crippen LogP contribution in [-0.4, -0.2) is 25.1 Å². The minimum Gasteiger partial charge on any atom is -0.508 e. The third-order valence-electron chi connectivity index (χ3n) is 2.67. The summed E-state index contributed by atoms with van der Waals surface area (Å²) in [4.78, 5) is 11.9. The maximum absolute atomic E-state index is 12.1. The van der Waals surface area contributed by atoms with Crippen molar-refractivity contribution in [3.05, 3.63) is 59.1 Å². The number of sulfone groups is 1. The smallest absolute Gasteiger partial charge is 0.185 e. The van der Waals surface area contributed by atoms with E-state index >= 15 is 0 Å². The van der Waals surface area contributed by atoms with E-state index in [1.165, 1.54) is 42.5 Å². The van der Waals surface area contributed by atoms with Gasteiger partial charge in [0.15, 0.2) is 15.6 Å². The van der Waals surface area contributed by atoms with Gasteiger partial charge in [0, 0.05) is 10.6 Å². The van der Waals surface area contributed by atoms with Gasteiger partial charge >= 0.3 is 0 Å². The Hall–Kier alpha value is -1.85. The molecule has 104 valence electrons. The molecule has 0 fully saturated rings. The van der Waals surface area contributed by atoms with Crippen molar-refractivity contribution in [1.29, 1.82) is 0 Å². The number of Topliss-reactive ketones (excluding diaryl/α,β-unsaturated/α-hetero) is 1. The molecule has 0 amide bonds. The topological polar surface area (TPSA) is 71.4 Å². The molecule has 20 heavy (non-hydrogen) atoms. The van der Waals surface area contributed by atoms with Crippen LogP contribution in [0.4, 0.5) is 0 Å². The van der Waals surface area contributed by atoms with Crippen LogP contribution < -0.4 is 0 Å². The lowest BCUT2D eigenvalue weighted by Gasteiger charge is -2.05. The van der Waals surface area contributed by atoms with Crippen LogP contribution in [0, 0.1) is 0 Å². The first-order valence-electron chi connectivity index (χ1n) is 5.69. The van der Waals surface area contributed by atoms with E-state index in [0.717, 1.165) is 0 Å². The van der Waals surface area contributed by atoms with E-state index in [1.807, 2.05) is 0 Å². The lowest BCUT2D eigenvalue weighted by Crippen LogP contribution is -2.16. The first-order chi connectivity index (χ1) is 9.38. The summed E-state index contributed by atoms with van der Waals surface area (Å²) in [6, 6.07) is 11.2. The van der Waals surface area contributed by atoms with Crippen LogP contribution in [0.1, 0.15) is 10.4 Å². The van der Waals surface area contributed by atoms with Gasteiger partial charge in [0.2, 0.25) is 0 Å². The van der Waals surface area contributed by atoms with E-state index in [-0.39, 0.29) is 16.2 Å². The number of hydrogen-bond donors (Lipinski definition) is 1. The van der Waals surface area contributed by atoms with Crippen LogP contribution >= 0.6 is 11.6 Å². The van der Waals surface area contributed by atoms with Crippen molar-refractivity contribution < 1.29 is 18.3 Å². The first kappa shape index (κ1) is 14.6. The van der Waals surface area contributed by atoms with Crippen LogP contribution in [0.3, 0.4) is 0 Å². The molecule has 0 aliphatic carbocycles. The van der Waals surface area contributed by atoms with Gasteiger partial charge in [-0.3, -0.25) is 4.79 Å². The molecule has 1 N–H and O–H groups in total. The highest BCUT2D eigenvalue weighted by atomic mass is 35.5. The normalized spacial score (nSPS) is 11.2. The van der Waals surface area contributed by atoms with E-state index in [4.69, 9.17) is 16.7 Å². The monoisotopic (exact) mass is 310 g/mol. The van der Waals surface area contributed by atoms with Crippen LogP contribution in [0.2, 0.25) is 5.02 Å². The molecule has 0 atom stereocenters. The van der Waals surface area contributed by atoms with E-state index in [9.17, 15) is 13.2 Å². The van der Waals surface area contributed by atoms with Crippen molar-refractivity contribution in [2.24, 2.45) is 0 Å². The predicted octanol–water partition coefficient (Wildman–Crippen LogP) is 2.70. The summed E-state index contributed by atoms with van der Waals surface area (Å²) < 4.78 is 24.2. The number of carbonyl (C=O) groups is 1. The largest absolute Gasteiger partial charge is 0.508 e. The van der Waals surface area contributed by atoms with E-state index in [0.29, 0.717) is 5.02 Å². The molecule has 0 radical (unpaired) electrons. The first-order valence-corrected chi connectivity index (χ1v) is 7.72. The zero-order valence-electron chi connectivity index (χ0n) is 10.3. The molecule has 6 heteroatoms. The predicted molar refractivity (Wildman–Crippen MR) is 75.9 cm³/mol. The third-order valence-corrected chi connectivity index (χ3v) is 4.52. The molecule has 0 spiro atoms. The number of hydrogen-bond acceptors (Lipinski definition) is 4. The average molecular weight is 311 g/mol. The minimum absolute atomic E-state index is 0.0112. The second-order valence-corrected chi connectivity index (χ2v) is 6.61. The molecule has 2 aromatic carbocycles. The fourth-order valence-corrected chi connectivity index (χ4v) is 3.17. The lowest BCUT2D eigenvalue weighted by atomic mass is 10.1. The standard InChI is InChI=1S/C14H11ClO4S/c15-11-2-1-3-13(8-11)20(18,19)9-14(17)10-4-6-12(16)7-5-10/h1-8,16H,9H2. The van der Waals surface area contributed by atoms with Gasteiger partial charge in [-0.15, -0.1) is 0 Å². The van der Waals surface area contributed by atoms with Gasteiger partial charge in [-0.2, -0.15) is 0 Å². The molecular weight excluding hydrogens is 300 g/mol. The molecule has 4 nitrogen and oxygen atoms in total. The molecular formula is C14H11ClO4S. The molecule has 2 aromatic rings. The number of rotatable bonds is 4. The Morgan fingerprint density at radius 1 is 1.10 bits per heavy atom. The Kier molecular flexibility index (Phi) is 4.11. The third kappa shape index (κ3) is 3.37. The Labute approximate surface area is 121 Å². The number of phenolic OH excluding ortho intramolecular Hbond substituents is 1. The number of benzene rings is 2. The van der Waals surface area contributed by atoms with Crippen molar-refractivity contribution in [1.82, 2.24) is 0 Å². The van der Waals surface area contributed by atoms with E-state index < -0.39 is 21.4 Å². The van der Waals surface area contributed by atoms with Crippen LogP contribution in [-0.2, 0) is 9.84 Å². The summed E-state index contributed by atoms with van der Waals surface area (Å²) in [5.41, 5.74) is 0.230. The van der Waals surface area contributed by atoms with Gasteiger partial charge < -0.3 is 5.11 Å². The van der Waals surface area contributed by atoms with Gasteiger partial charge in [-0.05, 0) is 42.5 Å². The average Bonchev–Trinajstić information content (AvgIpc) is 2.39. The summed E-state index contributed by atoms with van der Waals surface area (Å²) in [5, 5.41) is 9.43.